The summed E-state index contributed by atoms with van der Waals surface area (Å²) in [4.78, 5) is 8.63. The number of hydrogen-bond donors (Lipinski definition) is 2. The third-order valence-corrected chi connectivity index (χ3v) is 4.54. The van der Waals surface area contributed by atoms with Gasteiger partial charge in [-0.2, -0.15) is 10.1 Å². The summed E-state index contributed by atoms with van der Waals surface area (Å²) in [6.45, 7) is 2.03. The van der Waals surface area contributed by atoms with Crippen molar-refractivity contribution in [1.82, 2.24) is 19.7 Å². The predicted molar refractivity (Wildman–Crippen MR) is 102 cm³/mol. The Balaban J connectivity index is 1.45. The molecule has 0 saturated carbocycles. The van der Waals surface area contributed by atoms with Gasteiger partial charge in [0, 0.05) is 43.0 Å². The van der Waals surface area contributed by atoms with Crippen molar-refractivity contribution in [2.24, 2.45) is 0 Å². The Morgan fingerprint density at radius 1 is 1.33 bits per heavy atom. The lowest BCUT2D eigenvalue weighted by molar-refractivity contribution is 0.193. The van der Waals surface area contributed by atoms with Crippen molar-refractivity contribution in [3.8, 4) is 11.4 Å². The lowest BCUT2D eigenvalue weighted by Crippen LogP contribution is -2.09. The molecule has 1 saturated heterocycles. The molecule has 0 bridgehead atoms. The quantitative estimate of drug-likeness (QED) is 0.691. The van der Waals surface area contributed by atoms with Gasteiger partial charge in [0.1, 0.15) is 11.6 Å². The summed E-state index contributed by atoms with van der Waals surface area (Å²) in [5.41, 5.74) is 8.77. The first-order chi connectivity index (χ1) is 13.2. The van der Waals surface area contributed by atoms with Crippen molar-refractivity contribution in [3.05, 3.63) is 54.0 Å². The number of nitrogen functional groups attached to an aromatic ring is 1. The van der Waals surface area contributed by atoms with E-state index < -0.39 is 0 Å². The van der Waals surface area contributed by atoms with Crippen molar-refractivity contribution >= 4 is 11.8 Å². The molecule has 8 nitrogen and oxygen atoms in total. The molecule has 2 aromatic heterocycles. The van der Waals surface area contributed by atoms with Crippen LogP contribution >= 0.6 is 0 Å². The third kappa shape index (κ3) is 4.01. The van der Waals surface area contributed by atoms with Crippen molar-refractivity contribution in [2.45, 2.75) is 18.9 Å². The Morgan fingerprint density at radius 2 is 2.26 bits per heavy atom. The maximum Gasteiger partial charge on any atom is 0.222 e. The molecule has 0 spiro atoms. The Bertz CT molecular complexity index is 920. The number of anilines is 2. The number of hydrogen-bond acceptors (Lipinski definition) is 7. The number of rotatable bonds is 6. The van der Waals surface area contributed by atoms with E-state index in [1.54, 1.807) is 7.11 Å². The standard InChI is InChI=1S/C19H22N6O2/c1-26-16-4-2-3-15(7-16)25-11-13(10-22-25)9-21-18-8-17(23-19(20)24-18)14-5-6-27-12-14/h2-4,7-8,10-11,14H,5-6,9,12H2,1H3,(H3,20,21,23,24). The first-order valence-corrected chi connectivity index (χ1v) is 8.85. The van der Waals surface area contributed by atoms with Crippen LogP contribution in [-0.4, -0.2) is 40.1 Å². The Morgan fingerprint density at radius 3 is 3.07 bits per heavy atom. The number of aromatic nitrogens is 4. The highest BCUT2D eigenvalue weighted by molar-refractivity contribution is 5.43. The SMILES string of the molecule is COc1cccc(-n2cc(CNc3cc(C4CCOC4)nc(N)n3)cn2)c1. The molecule has 0 aliphatic carbocycles. The molecule has 3 N–H and O–H groups in total. The van der Waals surface area contributed by atoms with Crippen LogP contribution in [0.4, 0.5) is 11.8 Å². The average Bonchev–Trinajstić information content (AvgIpc) is 3.38. The Kier molecular flexibility index (Phi) is 4.88. The highest BCUT2D eigenvalue weighted by Crippen LogP contribution is 2.25. The summed E-state index contributed by atoms with van der Waals surface area (Å²) in [7, 11) is 1.65. The molecule has 140 valence electrons. The normalized spacial score (nSPS) is 16.4. The van der Waals surface area contributed by atoms with Crippen molar-refractivity contribution in [3.63, 3.8) is 0 Å². The van der Waals surface area contributed by atoms with E-state index in [9.17, 15) is 0 Å². The van der Waals surface area contributed by atoms with Crippen LogP contribution in [0.2, 0.25) is 0 Å². The minimum Gasteiger partial charge on any atom is -0.497 e. The second kappa shape index (κ2) is 7.63. The van der Waals surface area contributed by atoms with Crippen LogP contribution in [0, 0.1) is 0 Å². The fourth-order valence-corrected chi connectivity index (χ4v) is 3.09. The first-order valence-electron chi connectivity index (χ1n) is 8.85. The van der Waals surface area contributed by atoms with Gasteiger partial charge in [0.15, 0.2) is 0 Å². The van der Waals surface area contributed by atoms with E-state index in [1.165, 1.54) is 0 Å². The summed E-state index contributed by atoms with van der Waals surface area (Å²) in [5.74, 6) is 2.06. The zero-order valence-electron chi connectivity index (χ0n) is 15.1. The van der Waals surface area contributed by atoms with Gasteiger partial charge in [-0.1, -0.05) is 6.07 Å². The largest absolute Gasteiger partial charge is 0.497 e. The molecule has 3 heterocycles. The minimum absolute atomic E-state index is 0.272. The molecule has 27 heavy (non-hydrogen) atoms. The number of nitrogens with zero attached hydrogens (tertiary/aromatic N) is 4. The number of benzene rings is 1. The van der Waals surface area contributed by atoms with E-state index in [1.807, 2.05) is 47.4 Å². The topological polar surface area (TPSA) is 100 Å². The molecule has 1 aliphatic heterocycles. The van der Waals surface area contributed by atoms with Crippen LogP contribution in [0.5, 0.6) is 5.75 Å². The zero-order valence-corrected chi connectivity index (χ0v) is 15.1. The lowest BCUT2D eigenvalue weighted by atomic mass is 10.0. The second-order valence-corrected chi connectivity index (χ2v) is 6.44. The molecule has 1 aliphatic rings. The summed E-state index contributed by atoms with van der Waals surface area (Å²) in [6.07, 6.45) is 4.75. The number of ether oxygens (including phenoxy) is 2. The van der Waals surface area contributed by atoms with Gasteiger partial charge >= 0.3 is 0 Å². The molecule has 4 rings (SSSR count). The fraction of sp³-hybridized carbons (Fsp3) is 0.316. The number of nitrogens with two attached hydrogens (primary N) is 1. The van der Waals surface area contributed by atoms with Crippen LogP contribution in [-0.2, 0) is 11.3 Å². The molecule has 8 heteroatoms. The van der Waals surface area contributed by atoms with E-state index in [2.05, 4.69) is 20.4 Å². The van der Waals surface area contributed by atoms with Crippen LogP contribution in [0.3, 0.4) is 0 Å². The van der Waals surface area contributed by atoms with Gasteiger partial charge < -0.3 is 20.5 Å². The minimum atomic E-state index is 0.272. The lowest BCUT2D eigenvalue weighted by Gasteiger charge is -2.11. The highest BCUT2D eigenvalue weighted by Gasteiger charge is 2.20. The molecule has 3 aromatic rings. The van der Waals surface area contributed by atoms with Gasteiger partial charge in [-0.25, -0.2) is 9.67 Å². The first kappa shape index (κ1) is 17.3. The van der Waals surface area contributed by atoms with Gasteiger partial charge in [0.05, 0.1) is 31.3 Å². The van der Waals surface area contributed by atoms with E-state index >= 15 is 0 Å². The molecule has 1 fully saturated rings. The smallest absolute Gasteiger partial charge is 0.222 e. The van der Waals surface area contributed by atoms with E-state index in [4.69, 9.17) is 15.2 Å². The van der Waals surface area contributed by atoms with Gasteiger partial charge in [-0.15, -0.1) is 0 Å². The maximum atomic E-state index is 5.87. The molecule has 1 atom stereocenters. The monoisotopic (exact) mass is 366 g/mol. The highest BCUT2D eigenvalue weighted by atomic mass is 16.5. The van der Waals surface area contributed by atoms with Gasteiger partial charge in [-0.05, 0) is 18.6 Å². The van der Waals surface area contributed by atoms with Crippen LogP contribution in [0.1, 0.15) is 23.6 Å². The average molecular weight is 366 g/mol. The van der Waals surface area contributed by atoms with E-state index in [0.717, 1.165) is 35.7 Å². The molecule has 0 amide bonds. The van der Waals surface area contributed by atoms with Crippen molar-refractivity contribution in [1.29, 1.82) is 0 Å². The molecular formula is C19H22N6O2. The third-order valence-electron chi connectivity index (χ3n) is 4.54. The Labute approximate surface area is 157 Å². The number of methoxy groups -OCH3 is 1. The summed E-state index contributed by atoms with van der Waals surface area (Å²) < 4.78 is 12.5. The van der Waals surface area contributed by atoms with E-state index in [-0.39, 0.29) is 11.9 Å². The Hall–Kier alpha value is -3.13. The fourth-order valence-electron chi connectivity index (χ4n) is 3.09. The van der Waals surface area contributed by atoms with Crippen LogP contribution in [0.25, 0.3) is 5.69 Å². The van der Waals surface area contributed by atoms with Crippen molar-refractivity contribution in [2.75, 3.05) is 31.4 Å². The predicted octanol–water partition coefficient (Wildman–Crippen LogP) is 2.37. The molecule has 1 unspecified atom stereocenters. The van der Waals surface area contributed by atoms with Gasteiger partial charge in [-0.3, -0.25) is 0 Å². The summed E-state index contributed by atoms with van der Waals surface area (Å²) in [6, 6.07) is 9.70. The van der Waals surface area contributed by atoms with Crippen LogP contribution < -0.4 is 15.8 Å². The van der Waals surface area contributed by atoms with Gasteiger partial charge in [0.25, 0.3) is 0 Å². The summed E-state index contributed by atoms with van der Waals surface area (Å²) in [5, 5.41) is 7.72. The van der Waals surface area contributed by atoms with E-state index in [0.29, 0.717) is 19.0 Å². The van der Waals surface area contributed by atoms with Gasteiger partial charge in [0.2, 0.25) is 5.95 Å². The second-order valence-electron chi connectivity index (χ2n) is 6.44. The maximum absolute atomic E-state index is 5.87. The number of nitrogens with one attached hydrogen (secondary N) is 1. The molecular weight excluding hydrogens is 344 g/mol. The van der Waals surface area contributed by atoms with Crippen molar-refractivity contribution < 1.29 is 9.47 Å². The molecule has 1 aromatic carbocycles. The van der Waals surface area contributed by atoms with Crippen LogP contribution in [0.15, 0.2) is 42.7 Å². The zero-order chi connectivity index (χ0) is 18.6. The summed E-state index contributed by atoms with van der Waals surface area (Å²) >= 11 is 0. The molecule has 0 radical (unpaired) electrons.